The van der Waals surface area contributed by atoms with Gasteiger partial charge in [-0.15, -0.1) is 0 Å². The first kappa shape index (κ1) is 24.3. The fourth-order valence-corrected chi connectivity index (χ4v) is 4.32. The molecule has 7 heteroatoms. The molecule has 186 valence electrons. The monoisotopic (exact) mass is 499 g/mol. The van der Waals surface area contributed by atoms with Gasteiger partial charge in [-0.25, -0.2) is 4.98 Å². The van der Waals surface area contributed by atoms with Gasteiger partial charge in [0, 0.05) is 24.7 Å². The van der Waals surface area contributed by atoms with E-state index in [2.05, 4.69) is 5.32 Å². The van der Waals surface area contributed by atoms with Crippen LogP contribution in [-0.4, -0.2) is 15.3 Å². The zero-order valence-electron chi connectivity index (χ0n) is 19.9. The fourth-order valence-electron chi connectivity index (χ4n) is 4.32. The molecule has 0 saturated heterocycles. The zero-order valence-corrected chi connectivity index (χ0v) is 19.9. The maximum atomic E-state index is 13.3. The van der Waals surface area contributed by atoms with Crippen LogP contribution in [0.4, 0.5) is 13.2 Å². The number of aromatic nitrogens is 2. The number of pyridine rings is 1. The van der Waals surface area contributed by atoms with E-state index in [1.54, 1.807) is 24.4 Å². The molecule has 0 atom stereocenters. The van der Waals surface area contributed by atoms with E-state index in [0.717, 1.165) is 34.6 Å². The quantitative estimate of drug-likeness (QED) is 0.264. The smallest absolute Gasteiger partial charge is 0.352 e. The highest BCUT2D eigenvalue weighted by Gasteiger charge is 2.30. The second kappa shape index (κ2) is 10.3. The van der Waals surface area contributed by atoms with Crippen LogP contribution in [0.25, 0.3) is 28.0 Å². The highest BCUT2D eigenvalue weighted by molar-refractivity contribution is 5.77. The first-order chi connectivity index (χ1) is 17.9. The molecule has 1 amide bonds. The lowest BCUT2D eigenvalue weighted by Crippen LogP contribution is -2.23. The highest BCUT2D eigenvalue weighted by Crippen LogP contribution is 2.33. The van der Waals surface area contributed by atoms with Crippen molar-refractivity contribution in [3.8, 4) is 22.4 Å². The molecule has 0 fully saturated rings. The molecule has 0 saturated carbocycles. The van der Waals surface area contributed by atoms with Gasteiger partial charge >= 0.3 is 6.18 Å². The average Bonchev–Trinajstić information content (AvgIpc) is 3.29. The molecule has 0 aliphatic heterocycles. The van der Waals surface area contributed by atoms with Crippen LogP contribution in [-0.2, 0) is 23.9 Å². The van der Waals surface area contributed by atoms with Crippen LogP contribution in [0.1, 0.15) is 23.2 Å². The molecular weight excluding hydrogens is 475 g/mol. The lowest BCUT2D eigenvalue weighted by Gasteiger charge is -2.10. The zero-order chi connectivity index (χ0) is 25.8. The Morgan fingerprint density at radius 3 is 2.24 bits per heavy atom. The molecule has 2 heterocycles. The number of carbonyl (C=O) groups excluding carboxylic acids is 1. The standard InChI is InChI=1S/C30H24F3N3O/c31-30(32,33)25-13-7-12-23(18-25)24-14-16-27-35-29(22-10-5-2-6-11-22)26(36(27)20-24)15-17-28(37)34-19-21-8-3-1-4-9-21/h1-14,16,18,20H,15,17,19H2,(H,34,37). The number of aryl methyl sites for hydroxylation is 1. The summed E-state index contributed by atoms with van der Waals surface area (Å²) in [5.74, 6) is -0.0909. The molecule has 0 unspecified atom stereocenters. The summed E-state index contributed by atoms with van der Waals surface area (Å²) in [5.41, 5.74) is 4.55. The Bertz CT molecular complexity index is 1530. The topological polar surface area (TPSA) is 46.4 Å². The second-order valence-electron chi connectivity index (χ2n) is 8.76. The molecule has 0 bridgehead atoms. The molecule has 3 aromatic carbocycles. The number of alkyl halides is 3. The van der Waals surface area contributed by atoms with Crippen molar-refractivity contribution in [3.05, 3.63) is 120 Å². The predicted octanol–water partition coefficient (Wildman–Crippen LogP) is 6.94. The van der Waals surface area contributed by atoms with Crippen molar-refractivity contribution in [3.63, 3.8) is 0 Å². The lowest BCUT2D eigenvalue weighted by atomic mass is 10.0. The number of rotatable bonds is 7. The van der Waals surface area contributed by atoms with Crippen molar-refractivity contribution in [2.75, 3.05) is 0 Å². The summed E-state index contributed by atoms with van der Waals surface area (Å²) in [6.45, 7) is 0.443. The Labute approximate surface area is 212 Å². The van der Waals surface area contributed by atoms with E-state index in [9.17, 15) is 18.0 Å². The molecule has 0 spiro atoms. The first-order valence-corrected chi connectivity index (χ1v) is 11.9. The maximum absolute atomic E-state index is 13.3. The third kappa shape index (κ3) is 5.56. The van der Waals surface area contributed by atoms with E-state index in [1.807, 2.05) is 65.1 Å². The van der Waals surface area contributed by atoms with Crippen LogP contribution in [0, 0.1) is 0 Å². The molecule has 1 N–H and O–H groups in total. The third-order valence-electron chi connectivity index (χ3n) is 6.21. The summed E-state index contributed by atoms with van der Waals surface area (Å²) in [6.07, 6.45) is -1.97. The minimum absolute atomic E-state index is 0.0909. The molecule has 0 radical (unpaired) electrons. The van der Waals surface area contributed by atoms with Crippen LogP contribution in [0.3, 0.4) is 0 Å². The fraction of sp³-hybridized carbons (Fsp3) is 0.133. The van der Waals surface area contributed by atoms with E-state index in [4.69, 9.17) is 4.98 Å². The summed E-state index contributed by atoms with van der Waals surface area (Å²) in [7, 11) is 0. The average molecular weight is 500 g/mol. The third-order valence-corrected chi connectivity index (χ3v) is 6.21. The van der Waals surface area contributed by atoms with E-state index >= 15 is 0 Å². The largest absolute Gasteiger partial charge is 0.416 e. The van der Waals surface area contributed by atoms with E-state index in [0.29, 0.717) is 29.7 Å². The minimum Gasteiger partial charge on any atom is -0.352 e. The summed E-state index contributed by atoms with van der Waals surface area (Å²) in [5, 5.41) is 2.95. The Balaban J connectivity index is 1.47. The number of nitrogens with one attached hydrogen (secondary N) is 1. The molecule has 2 aromatic heterocycles. The van der Waals surface area contributed by atoms with Gasteiger partial charge in [-0.2, -0.15) is 13.2 Å². The van der Waals surface area contributed by atoms with Crippen LogP contribution in [0.5, 0.6) is 0 Å². The molecular formula is C30H24F3N3O. The van der Waals surface area contributed by atoms with E-state index in [-0.39, 0.29) is 12.3 Å². The summed E-state index contributed by atoms with van der Waals surface area (Å²) in [4.78, 5) is 17.5. The minimum atomic E-state index is -4.42. The van der Waals surface area contributed by atoms with E-state index < -0.39 is 11.7 Å². The molecule has 0 aliphatic carbocycles. The number of benzene rings is 3. The van der Waals surface area contributed by atoms with Crippen molar-refractivity contribution in [1.82, 2.24) is 14.7 Å². The maximum Gasteiger partial charge on any atom is 0.416 e. The Morgan fingerprint density at radius 2 is 1.51 bits per heavy atom. The van der Waals surface area contributed by atoms with Gasteiger partial charge in [0.05, 0.1) is 17.0 Å². The predicted molar refractivity (Wildman–Crippen MR) is 138 cm³/mol. The van der Waals surface area contributed by atoms with Crippen molar-refractivity contribution >= 4 is 11.6 Å². The molecule has 0 aliphatic rings. The number of hydrogen-bond donors (Lipinski definition) is 1. The summed E-state index contributed by atoms with van der Waals surface area (Å²) < 4.78 is 41.7. The van der Waals surface area contributed by atoms with Gasteiger partial charge in [-0.1, -0.05) is 72.8 Å². The van der Waals surface area contributed by atoms with Crippen molar-refractivity contribution in [2.24, 2.45) is 0 Å². The number of nitrogens with zero attached hydrogens (tertiary/aromatic N) is 2. The molecule has 4 nitrogen and oxygen atoms in total. The van der Waals surface area contributed by atoms with Crippen molar-refractivity contribution in [1.29, 1.82) is 0 Å². The summed E-state index contributed by atoms with van der Waals surface area (Å²) in [6, 6.07) is 28.2. The van der Waals surface area contributed by atoms with Gasteiger partial charge in [-0.05, 0) is 47.4 Å². The Kier molecular flexibility index (Phi) is 6.77. The first-order valence-electron chi connectivity index (χ1n) is 11.9. The number of amides is 1. The Morgan fingerprint density at radius 1 is 0.811 bits per heavy atom. The number of carbonyl (C=O) groups is 1. The normalized spacial score (nSPS) is 11.5. The summed E-state index contributed by atoms with van der Waals surface area (Å²) >= 11 is 0. The van der Waals surface area contributed by atoms with Gasteiger partial charge in [-0.3, -0.25) is 4.79 Å². The van der Waals surface area contributed by atoms with Gasteiger partial charge in [0.1, 0.15) is 5.65 Å². The number of halogens is 3. The van der Waals surface area contributed by atoms with Gasteiger partial charge < -0.3 is 9.72 Å². The Hall–Kier alpha value is -4.39. The molecule has 37 heavy (non-hydrogen) atoms. The number of imidazole rings is 1. The van der Waals surface area contributed by atoms with Gasteiger partial charge in [0.2, 0.25) is 5.91 Å². The molecule has 5 rings (SSSR count). The second-order valence-corrected chi connectivity index (χ2v) is 8.76. The van der Waals surface area contributed by atoms with Crippen LogP contribution in [0.15, 0.2) is 103 Å². The molecule has 5 aromatic rings. The highest BCUT2D eigenvalue weighted by atomic mass is 19.4. The number of hydrogen-bond acceptors (Lipinski definition) is 2. The van der Waals surface area contributed by atoms with E-state index in [1.165, 1.54) is 6.07 Å². The van der Waals surface area contributed by atoms with Gasteiger partial charge in [0.25, 0.3) is 0 Å². The van der Waals surface area contributed by atoms with Gasteiger partial charge in [0.15, 0.2) is 0 Å². The van der Waals surface area contributed by atoms with Crippen LogP contribution in [0.2, 0.25) is 0 Å². The van der Waals surface area contributed by atoms with Crippen molar-refractivity contribution < 1.29 is 18.0 Å². The lowest BCUT2D eigenvalue weighted by molar-refractivity contribution is -0.137. The van der Waals surface area contributed by atoms with Crippen LogP contribution >= 0.6 is 0 Å². The number of fused-ring (bicyclic) bond motifs is 1. The van der Waals surface area contributed by atoms with Crippen LogP contribution < -0.4 is 5.32 Å². The van der Waals surface area contributed by atoms with Crippen molar-refractivity contribution in [2.45, 2.75) is 25.6 Å². The SMILES string of the molecule is O=C(CCc1c(-c2ccccc2)nc2ccc(-c3cccc(C(F)(F)F)c3)cn12)NCc1ccccc1.